The first-order valence-electron chi connectivity index (χ1n) is 8.61. The van der Waals surface area contributed by atoms with Crippen LogP contribution in [0, 0.1) is 18.3 Å². The van der Waals surface area contributed by atoms with Gasteiger partial charge < -0.3 is 0 Å². The lowest BCUT2D eigenvalue weighted by Gasteiger charge is -2.51. The van der Waals surface area contributed by atoms with Crippen LogP contribution in [-0.2, 0) is 6.42 Å². The Labute approximate surface area is 138 Å². The van der Waals surface area contributed by atoms with E-state index in [-0.39, 0.29) is 0 Å². The van der Waals surface area contributed by atoms with Crippen LogP contribution in [0.5, 0.6) is 0 Å². The van der Waals surface area contributed by atoms with Crippen LogP contribution in [0.4, 0.5) is 0 Å². The summed E-state index contributed by atoms with van der Waals surface area (Å²) in [5, 5.41) is 0.672. The van der Waals surface area contributed by atoms with Crippen molar-refractivity contribution in [2.24, 2.45) is 11.3 Å². The SMILES string of the molecule is Cc1cc2c(c(Cl)n1)C=C(CN1CCC3(CC1)CC(C)C3)C2. The largest absolute Gasteiger partial charge is 0.299 e. The Morgan fingerprint density at radius 3 is 2.73 bits per heavy atom. The maximum atomic E-state index is 6.29. The number of nitrogens with zero attached hydrogens (tertiary/aromatic N) is 2. The first kappa shape index (κ1) is 14.7. The van der Waals surface area contributed by atoms with Crippen LogP contribution < -0.4 is 0 Å². The van der Waals surface area contributed by atoms with Gasteiger partial charge in [0.25, 0.3) is 0 Å². The average Bonchev–Trinajstić information content (AvgIpc) is 2.82. The van der Waals surface area contributed by atoms with Crippen molar-refractivity contribution in [2.75, 3.05) is 19.6 Å². The summed E-state index contributed by atoms with van der Waals surface area (Å²) in [6, 6.07) is 2.19. The van der Waals surface area contributed by atoms with Gasteiger partial charge in [0.2, 0.25) is 0 Å². The molecule has 22 heavy (non-hydrogen) atoms. The first-order valence-corrected chi connectivity index (χ1v) is 8.99. The van der Waals surface area contributed by atoms with Crippen molar-refractivity contribution in [2.45, 2.75) is 46.0 Å². The molecule has 1 aromatic heterocycles. The van der Waals surface area contributed by atoms with E-state index in [0.29, 0.717) is 10.6 Å². The van der Waals surface area contributed by atoms with Gasteiger partial charge in [0.05, 0.1) is 0 Å². The molecule has 0 bridgehead atoms. The van der Waals surface area contributed by atoms with E-state index in [9.17, 15) is 0 Å². The highest BCUT2D eigenvalue weighted by Crippen LogP contribution is 2.52. The normalized spacial score (nSPS) is 24.2. The number of aromatic nitrogens is 1. The van der Waals surface area contributed by atoms with E-state index in [0.717, 1.165) is 30.1 Å². The number of fused-ring (bicyclic) bond motifs is 1. The Balaban J connectivity index is 1.38. The molecule has 3 heteroatoms. The molecule has 4 rings (SSSR count). The van der Waals surface area contributed by atoms with E-state index >= 15 is 0 Å². The van der Waals surface area contributed by atoms with Crippen LogP contribution in [0.1, 0.15) is 49.4 Å². The van der Waals surface area contributed by atoms with Crippen molar-refractivity contribution < 1.29 is 0 Å². The van der Waals surface area contributed by atoms with E-state index in [4.69, 9.17) is 11.6 Å². The Morgan fingerprint density at radius 2 is 2.05 bits per heavy atom. The van der Waals surface area contributed by atoms with Gasteiger partial charge in [-0.2, -0.15) is 0 Å². The molecule has 0 atom stereocenters. The van der Waals surface area contributed by atoms with Gasteiger partial charge in [-0.1, -0.05) is 30.2 Å². The lowest BCUT2D eigenvalue weighted by molar-refractivity contribution is -0.00340. The maximum absolute atomic E-state index is 6.29. The van der Waals surface area contributed by atoms with Gasteiger partial charge in [-0.05, 0) is 75.1 Å². The highest BCUT2D eigenvalue weighted by atomic mass is 35.5. The summed E-state index contributed by atoms with van der Waals surface area (Å²) in [5.74, 6) is 0.969. The summed E-state index contributed by atoms with van der Waals surface area (Å²) in [6.45, 7) is 8.07. The van der Waals surface area contributed by atoms with Gasteiger partial charge in [-0.3, -0.25) is 4.90 Å². The van der Waals surface area contributed by atoms with Gasteiger partial charge in [0.15, 0.2) is 0 Å². The molecule has 0 N–H and O–H groups in total. The van der Waals surface area contributed by atoms with E-state index in [1.54, 1.807) is 0 Å². The number of piperidine rings is 1. The molecule has 1 aliphatic heterocycles. The predicted molar refractivity (Wildman–Crippen MR) is 92.2 cm³/mol. The summed E-state index contributed by atoms with van der Waals surface area (Å²) < 4.78 is 0. The highest BCUT2D eigenvalue weighted by Gasteiger charge is 2.43. The number of hydrogen-bond donors (Lipinski definition) is 0. The molecule has 118 valence electrons. The zero-order valence-corrected chi connectivity index (χ0v) is 14.4. The van der Waals surface area contributed by atoms with E-state index in [1.165, 1.54) is 49.9 Å². The van der Waals surface area contributed by atoms with Gasteiger partial charge >= 0.3 is 0 Å². The van der Waals surface area contributed by atoms with Gasteiger partial charge in [-0.25, -0.2) is 4.98 Å². The van der Waals surface area contributed by atoms with E-state index in [2.05, 4.69) is 29.0 Å². The monoisotopic (exact) mass is 316 g/mol. The molecular weight excluding hydrogens is 292 g/mol. The van der Waals surface area contributed by atoms with Crippen molar-refractivity contribution in [3.8, 4) is 0 Å². The Kier molecular flexibility index (Phi) is 3.58. The number of rotatable bonds is 2. The second kappa shape index (κ2) is 5.35. The predicted octanol–water partition coefficient (Wildman–Crippen LogP) is 4.50. The topological polar surface area (TPSA) is 16.1 Å². The maximum Gasteiger partial charge on any atom is 0.136 e. The summed E-state index contributed by atoms with van der Waals surface area (Å²) in [6.07, 6.45) is 9.07. The van der Waals surface area contributed by atoms with Crippen LogP contribution in [0.3, 0.4) is 0 Å². The third-order valence-electron chi connectivity index (χ3n) is 5.90. The van der Waals surface area contributed by atoms with Gasteiger partial charge in [0.1, 0.15) is 5.15 Å². The molecule has 1 saturated carbocycles. The minimum absolute atomic E-state index is 0.672. The number of aryl methyl sites for hydroxylation is 1. The molecule has 2 nitrogen and oxygen atoms in total. The van der Waals surface area contributed by atoms with Crippen LogP contribution in [0.25, 0.3) is 6.08 Å². The third kappa shape index (κ3) is 2.61. The smallest absolute Gasteiger partial charge is 0.136 e. The summed E-state index contributed by atoms with van der Waals surface area (Å²) >= 11 is 6.29. The molecule has 3 aliphatic rings. The second-order valence-corrected chi connectivity index (χ2v) is 8.25. The van der Waals surface area contributed by atoms with Crippen LogP contribution in [-0.4, -0.2) is 29.5 Å². The van der Waals surface area contributed by atoms with Crippen molar-refractivity contribution >= 4 is 17.7 Å². The fourth-order valence-corrected chi connectivity index (χ4v) is 5.22. The van der Waals surface area contributed by atoms with Gasteiger partial charge in [-0.15, -0.1) is 0 Å². The van der Waals surface area contributed by atoms with Crippen LogP contribution >= 0.6 is 11.6 Å². The second-order valence-electron chi connectivity index (χ2n) is 7.90. The lowest BCUT2D eigenvalue weighted by Crippen LogP contribution is -2.46. The number of likely N-dealkylation sites (tertiary alicyclic amines) is 1. The minimum Gasteiger partial charge on any atom is -0.299 e. The standard InChI is InChI=1S/C19H25ClN2/c1-13-10-19(11-13)3-5-22(6-4-19)12-15-8-16-7-14(2)21-18(20)17(16)9-15/h7,9,13H,3-6,8,10-12H2,1-2H3. The highest BCUT2D eigenvalue weighted by molar-refractivity contribution is 6.31. The molecule has 1 spiro atoms. The fourth-order valence-electron chi connectivity index (χ4n) is 4.91. The summed E-state index contributed by atoms with van der Waals surface area (Å²) in [7, 11) is 0. The molecular formula is C19H25ClN2. The van der Waals surface area contributed by atoms with E-state index < -0.39 is 0 Å². The Morgan fingerprint density at radius 1 is 1.32 bits per heavy atom. The zero-order chi connectivity index (χ0) is 15.3. The molecule has 0 amide bonds. The Hall–Kier alpha value is -0.860. The molecule has 2 fully saturated rings. The van der Waals surface area contributed by atoms with Crippen LogP contribution in [0.15, 0.2) is 11.6 Å². The fraction of sp³-hybridized carbons (Fsp3) is 0.632. The molecule has 0 radical (unpaired) electrons. The molecule has 0 aromatic carbocycles. The van der Waals surface area contributed by atoms with Crippen molar-refractivity contribution in [3.63, 3.8) is 0 Å². The summed E-state index contributed by atoms with van der Waals surface area (Å²) in [4.78, 5) is 7.02. The average molecular weight is 317 g/mol. The molecule has 1 aromatic rings. The molecule has 0 unspecified atom stereocenters. The molecule has 2 aliphatic carbocycles. The molecule has 2 heterocycles. The van der Waals surface area contributed by atoms with Crippen molar-refractivity contribution in [1.82, 2.24) is 9.88 Å². The number of hydrogen-bond acceptors (Lipinski definition) is 2. The Bertz CT molecular complexity index is 619. The van der Waals surface area contributed by atoms with Crippen molar-refractivity contribution in [3.05, 3.63) is 33.6 Å². The number of pyridine rings is 1. The molecule has 1 saturated heterocycles. The van der Waals surface area contributed by atoms with Gasteiger partial charge in [0, 0.05) is 17.8 Å². The first-order chi connectivity index (χ1) is 10.5. The summed E-state index contributed by atoms with van der Waals surface area (Å²) in [5.41, 5.74) is 5.75. The third-order valence-corrected chi connectivity index (χ3v) is 6.19. The number of halogens is 1. The van der Waals surface area contributed by atoms with Crippen LogP contribution in [0.2, 0.25) is 5.15 Å². The zero-order valence-electron chi connectivity index (χ0n) is 13.7. The van der Waals surface area contributed by atoms with E-state index in [1.807, 2.05) is 6.92 Å². The lowest BCUT2D eigenvalue weighted by atomic mass is 9.58. The van der Waals surface area contributed by atoms with Crippen molar-refractivity contribution in [1.29, 1.82) is 0 Å². The quantitative estimate of drug-likeness (QED) is 0.747. The minimum atomic E-state index is 0.672.